The molecule has 0 unspecified atom stereocenters. The normalized spacial score (nSPS) is 11.7. The molecule has 0 saturated carbocycles. The summed E-state index contributed by atoms with van der Waals surface area (Å²) in [5, 5.41) is 10.7. The Bertz CT molecular complexity index is 987. The van der Waals surface area contributed by atoms with Crippen molar-refractivity contribution in [2.75, 3.05) is 7.11 Å². The number of carbonyl (C=O) groups is 1. The second-order valence-electron chi connectivity index (χ2n) is 7.53. The standard InChI is InChI=1S/C22H24BrNO3/c1-14-18-11-17(27-4)9-10-19(18)24(13-15-5-7-16(23)8-6-15)20(14)12-22(2,3)21(25)26/h5-11H,12-13H2,1-4H3,(H,25,26). The van der Waals surface area contributed by atoms with Crippen LogP contribution in [0.2, 0.25) is 0 Å². The minimum atomic E-state index is -0.847. The number of carboxylic acids is 1. The van der Waals surface area contributed by atoms with E-state index in [1.54, 1.807) is 21.0 Å². The maximum absolute atomic E-state index is 11.7. The van der Waals surface area contributed by atoms with Gasteiger partial charge < -0.3 is 14.4 Å². The average molecular weight is 430 g/mol. The molecule has 27 heavy (non-hydrogen) atoms. The lowest BCUT2D eigenvalue weighted by molar-refractivity contribution is -0.146. The first-order chi connectivity index (χ1) is 12.7. The fourth-order valence-corrected chi connectivity index (χ4v) is 3.62. The summed E-state index contributed by atoms with van der Waals surface area (Å²) in [4.78, 5) is 11.7. The maximum Gasteiger partial charge on any atom is 0.309 e. The summed E-state index contributed by atoms with van der Waals surface area (Å²) in [6.07, 6.45) is 0.460. The van der Waals surface area contributed by atoms with Crippen molar-refractivity contribution in [1.82, 2.24) is 4.57 Å². The number of benzene rings is 2. The molecule has 4 nitrogen and oxygen atoms in total. The number of aromatic nitrogens is 1. The zero-order valence-corrected chi connectivity index (χ0v) is 17.6. The summed E-state index contributed by atoms with van der Waals surface area (Å²) in [7, 11) is 1.66. The van der Waals surface area contributed by atoms with E-state index in [0.29, 0.717) is 13.0 Å². The van der Waals surface area contributed by atoms with E-state index in [4.69, 9.17) is 4.74 Å². The Morgan fingerprint density at radius 1 is 1.19 bits per heavy atom. The lowest BCUT2D eigenvalue weighted by Crippen LogP contribution is -2.27. The first-order valence-electron chi connectivity index (χ1n) is 8.86. The van der Waals surface area contributed by atoms with Crippen molar-refractivity contribution in [2.24, 2.45) is 5.41 Å². The number of aryl methyl sites for hydroxylation is 1. The molecule has 1 aromatic heterocycles. The van der Waals surface area contributed by atoms with Gasteiger partial charge in [0.25, 0.3) is 0 Å². The Balaban J connectivity index is 2.16. The zero-order valence-electron chi connectivity index (χ0n) is 16.0. The van der Waals surface area contributed by atoms with E-state index in [-0.39, 0.29) is 0 Å². The Morgan fingerprint density at radius 3 is 2.44 bits per heavy atom. The Kier molecular flexibility index (Phi) is 5.33. The van der Waals surface area contributed by atoms with Crippen LogP contribution in [0, 0.1) is 12.3 Å². The lowest BCUT2D eigenvalue weighted by Gasteiger charge is -2.21. The number of hydrogen-bond donors (Lipinski definition) is 1. The first kappa shape index (κ1) is 19.5. The van der Waals surface area contributed by atoms with E-state index in [0.717, 1.165) is 32.4 Å². The largest absolute Gasteiger partial charge is 0.497 e. The number of aliphatic carboxylic acids is 1. The van der Waals surface area contributed by atoms with Crippen LogP contribution >= 0.6 is 15.9 Å². The molecule has 1 heterocycles. The molecule has 0 atom stereocenters. The molecule has 0 spiro atoms. The van der Waals surface area contributed by atoms with Crippen molar-refractivity contribution in [3.63, 3.8) is 0 Å². The topological polar surface area (TPSA) is 51.5 Å². The fraction of sp³-hybridized carbons (Fsp3) is 0.318. The van der Waals surface area contributed by atoms with E-state index < -0.39 is 11.4 Å². The SMILES string of the molecule is COc1ccc2c(c1)c(C)c(CC(C)(C)C(=O)O)n2Cc1ccc(Br)cc1. The third kappa shape index (κ3) is 3.88. The van der Waals surface area contributed by atoms with Crippen molar-refractivity contribution in [2.45, 2.75) is 33.7 Å². The van der Waals surface area contributed by atoms with Crippen LogP contribution in [0.5, 0.6) is 5.75 Å². The third-order valence-electron chi connectivity index (χ3n) is 5.10. The van der Waals surface area contributed by atoms with Gasteiger partial charge >= 0.3 is 5.97 Å². The van der Waals surface area contributed by atoms with Gasteiger partial charge in [-0.15, -0.1) is 0 Å². The first-order valence-corrected chi connectivity index (χ1v) is 9.66. The van der Waals surface area contributed by atoms with Crippen LogP contribution in [0.25, 0.3) is 10.9 Å². The van der Waals surface area contributed by atoms with Crippen LogP contribution in [0.4, 0.5) is 0 Å². The van der Waals surface area contributed by atoms with Crippen LogP contribution < -0.4 is 4.74 Å². The van der Waals surface area contributed by atoms with Gasteiger partial charge in [-0.3, -0.25) is 4.79 Å². The molecular formula is C22H24BrNO3. The van der Waals surface area contributed by atoms with Crippen LogP contribution in [0.1, 0.15) is 30.7 Å². The lowest BCUT2D eigenvalue weighted by atomic mass is 9.87. The smallest absolute Gasteiger partial charge is 0.309 e. The van der Waals surface area contributed by atoms with Crippen molar-refractivity contribution < 1.29 is 14.6 Å². The fourth-order valence-electron chi connectivity index (χ4n) is 3.36. The summed E-state index contributed by atoms with van der Waals surface area (Å²) in [6, 6.07) is 14.3. The number of nitrogens with zero attached hydrogens (tertiary/aromatic N) is 1. The molecule has 0 aliphatic heterocycles. The van der Waals surface area contributed by atoms with Gasteiger partial charge in [-0.1, -0.05) is 28.1 Å². The van der Waals surface area contributed by atoms with Crippen molar-refractivity contribution in [3.05, 3.63) is 63.8 Å². The number of carboxylic acid groups (broad SMARTS) is 1. The number of fused-ring (bicyclic) bond motifs is 1. The van der Waals surface area contributed by atoms with Gasteiger partial charge in [0.05, 0.1) is 12.5 Å². The predicted molar refractivity (Wildman–Crippen MR) is 112 cm³/mol. The summed E-state index contributed by atoms with van der Waals surface area (Å²) in [5.41, 5.74) is 3.57. The number of ether oxygens (including phenoxy) is 1. The van der Waals surface area contributed by atoms with Gasteiger partial charge in [0.2, 0.25) is 0 Å². The third-order valence-corrected chi connectivity index (χ3v) is 5.63. The van der Waals surface area contributed by atoms with Gasteiger partial charge in [0.15, 0.2) is 0 Å². The molecule has 0 bridgehead atoms. The number of hydrogen-bond acceptors (Lipinski definition) is 2. The van der Waals surface area contributed by atoms with Crippen LogP contribution in [0.3, 0.4) is 0 Å². The monoisotopic (exact) mass is 429 g/mol. The molecule has 1 N–H and O–H groups in total. The number of rotatable bonds is 6. The van der Waals surface area contributed by atoms with E-state index in [1.165, 1.54) is 5.56 Å². The van der Waals surface area contributed by atoms with Gasteiger partial charge in [-0.25, -0.2) is 0 Å². The molecule has 142 valence electrons. The highest BCUT2D eigenvalue weighted by Gasteiger charge is 2.30. The molecule has 0 saturated heterocycles. The molecule has 0 aliphatic rings. The van der Waals surface area contributed by atoms with E-state index in [2.05, 4.69) is 45.6 Å². The van der Waals surface area contributed by atoms with Crippen LogP contribution in [0.15, 0.2) is 46.9 Å². The van der Waals surface area contributed by atoms with E-state index in [1.807, 2.05) is 24.3 Å². The number of halogens is 1. The minimum Gasteiger partial charge on any atom is -0.497 e. The average Bonchev–Trinajstić information content (AvgIpc) is 2.88. The molecule has 2 aromatic carbocycles. The second kappa shape index (κ2) is 7.39. The van der Waals surface area contributed by atoms with Crippen molar-refractivity contribution in [3.8, 4) is 5.75 Å². The number of methoxy groups -OCH3 is 1. The summed E-state index contributed by atoms with van der Waals surface area (Å²) in [5.74, 6) is 0.00960. The Hall–Kier alpha value is -2.27. The second-order valence-corrected chi connectivity index (χ2v) is 8.45. The predicted octanol–water partition coefficient (Wildman–Crippen LogP) is 5.42. The van der Waals surface area contributed by atoms with Crippen molar-refractivity contribution in [1.29, 1.82) is 0 Å². The minimum absolute atomic E-state index is 0.460. The Morgan fingerprint density at radius 2 is 1.85 bits per heavy atom. The van der Waals surface area contributed by atoms with Crippen LogP contribution in [-0.2, 0) is 17.8 Å². The van der Waals surface area contributed by atoms with Gasteiger partial charge in [-0.2, -0.15) is 0 Å². The summed E-state index contributed by atoms with van der Waals surface area (Å²) < 4.78 is 8.66. The highest BCUT2D eigenvalue weighted by atomic mass is 79.9. The highest BCUT2D eigenvalue weighted by molar-refractivity contribution is 9.10. The Labute approximate surface area is 167 Å². The van der Waals surface area contributed by atoms with E-state index >= 15 is 0 Å². The molecule has 0 fully saturated rings. The maximum atomic E-state index is 11.7. The van der Waals surface area contributed by atoms with Gasteiger partial charge in [-0.05, 0) is 62.2 Å². The summed E-state index contributed by atoms with van der Waals surface area (Å²) >= 11 is 3.47. The molecular weight excluding hydrogens is 406 g/mol. The van der Waals surface area contributed by atoms with Gasteiger partial charge in [0.1, 0.15) is 5.75 Å². The molecule has 3 aromatic rings. The zero-order chi connectivity index (χ0) is 19.8. The molecule has 0 amide bonds. The molecule has 5 heteroatoms. The molecule has 0 radical (unpaired) electrons. The van der Waals surface area contributed by atoms with Crippen molar-refractivity contribution >= 4 is 32.8 Å². The molecule has 3 rings (SSSR count). The van der Waals surface area contributed by atoms with E-state index in [9.17, 15) is 9.90 Å². The molecule has 0 aliphatic carbocycles. The highest BCUT2D eigenvalue weighted by Crippen LogP contribution is 2.34. The quantitative estimate of drug-likeness (QED) is 0.568. The summed E-state index contributed by atoms with van der Waals surface area (Å²) in [6.45, 7) is 6.30. The van der Waals surface area contributed by atoms with Crippen LogP contribution in [-0.4, -0.2) is 22.8 Å². The van der Waals surface area contributed by atoms with Gasteiger partial charge in [0, 0.05) is 34.0 Å².